The van der Waals surface area contributed by atoms with E-state index in [2.05, 4.69) is 4.79 Å². The average molecular weight is 170 g/mol. The molecule has 0 fully saturated rings. The number of nitrogens with zero attached hydrogens (tertiary/aromatic N) is 2. The van der Waals surface area contributed by atoms with E-state index in [1.54, 1.807) is 27.7 Å². The van der Waals surface area contributed by atoms with Gasteiger partial charge < -0.3 is 10.3 Å². The molecule has 0 N–H and O–H groups in total. The molecule has 0 aromatic carbocycles. The first kappa shape index (κ1) is 10.8. The predicted molar refractivity (Wildman–Crippen MR) is 44.7 cm³/mol. The quantitative estimate of drug-likeness (QED) is 0.271. The molecule has 4 nitrogen and oxygen atoms in total. The molecule has 0 spiro atoms. The zero-order valence-electron chi connectivity index (χ0n) is 7.92. The first-order valence-electron chi connectivity index (χ1n) is 3.83. The zero-order chi connectivity index (χ0) is 9.78. The Kier molecular flexibility index (Phi) is 3.64. The van der Waals surface area contributed by atoms with E-state index in [1.165, 1.54) is 0 Å². The highest BCUT2D eigenvalue weighted by molar-refractivity contribution is 6.35. The first-order valence-corrected chi connectivity index (χ1v) is 3.83. The van der Waals surface area contributed by atoms with Crippen LogP contribution in [0.5, 0.6) is 0 Å². The van der Waals surface area contributed by atoms with Crippen LogP contribution in [0.1, 0.15) is 27.7 Å². The van der Waals surface area contributed by atoms with E-state index in [1.807, 2.05) is 0 Å². The number of rotatable bonds is 2. The minimum atomic E-state index is -0.563. The molecule has 0 saturated carbocycles. The van der Waals surface area contributed by atoms with Crippen molar-refractivity contribution in [2.75, 3.05) is 6.61 Å². The van der Waals surface area contributed by atoms with Crippen molar-refractivity contribution in [2.24, 2.45) is 5.41 Å². The number of carbonyl (C=O) groups is 1. The third-order valence-electron chi connectivity index (χ3n) is 1.28. The van der Waals surface area contributed by atoms with E-state index in [0.29, 0.717) is 0 Å². The van der Waals surface area contributed by atoms with E-state index in [-0.39, 0.29) is 12.3 Å². The molecule has 0 saturated heterocycles. The van der Waals surface area contributed by atoms with Gasteiger partial charge in [0, 0.05) is 0 Å². The predicted octanol–water partition coefficient (Wildman–Crippen LogP) is 1.27. The van der Waals surface area contributed by atoms with Crippen LogP contribution >= 0.6 is 0 Å². The van der Waals surface area contributed by atoms with Crippen LogP contribution in [0.3, 0.4) is 0 Å². The van der Waals surface area contributed by atoms with Crippen LogP contribution < -0.4 is 0 Å². The topological polar surface area (TPSA) is 62.7 Å². The molecule has 0 aliphatic heterocycles. The van der Waals surface area contributed by atoms with Gasteiger partial charge in [0.15, 0.2) is 0 Å². The van der Waals surface area contributed by atoms with Gasteiger partial charge in [0.25, 0.3) is 0 Å². The highest BCUT2D eigenvalue weighted by Gasteiger charge is 2.35. The van der Waals surface area contributed by atoms with E-state index < -0.39 is 11.4 Å². The van der Waals surface area contributed by atoms with Gasteiger partial charge in [0.05, 0.1) is 12.0 Å². The van der Waals surface area contributed by atoms with Crippen LogP contribution in [0.4, 0.5) is 0 Å². The summed E-state index contributed by atoms with van der Waals surface area (Å²) in [6, 6.07) is 0. The number of hydrogen-bond donors (Lipinski definition) is 0. The summed E-state index contributed by atoms with van der Waals surface area (Å²) in [6.45, 7) is 7.32. The van der Waals surface area contributed by atoms with Gasteiger partial charge in [-0.15, -0.1) is 0 Å². The summed E-state index contributed by atoms with van der Waals surface area (Å²) < 4.78 is 4.69. The van der Waals surface area contributed by atoms with Crippen LogP contribution in [0.2, 0.25) is 0 Å². The Balaban J connectivity index is 4.61. The summed E-state index contributed by atoms with van der Waals surface area (Å²) in [5.74, 6) is -0.563. The molecule has 0 amide bonds. The molecule has 12 heavy (non-hydrogen) atoms. The van der Waals surface area contributed by atoms with Crippen molar-refractivity contribution >= 4 is 11.7 Å². The maximum absolute atomic E-state index is 11.1. The lowest BCUT2D eigenvalue weighted by Gasteiger charge is -2.10. The maximum atomic E-state index is 11.1. The molecule has 0 aliphatic rings. The molecular formula is C8H14N2O2. The number of hydrogen-bond acceptors (Lipinski definition) is 2. The fourth-order valence-corrected chi connectivity index (χ4v) is 0.696. The highest BCUT2D eigenvalue weighted by atomic mass is 16.5. The average Bonchev–Trinajstić information content (AvgIpc) is 1.85. The lowest BCUT2D eigenvalue weighted by atomic mass is 9.90. The van der Waals surface area contributed by atoms with Crippen molar-refractivity contribution in [3.63, 3.8) is 0 Å². The van der Waals surface area contributed by atoms with Crippen LogP contribution in [-0.4, -0.2) is 23.1 Å². The molecule has 0 heterocycles. The van der Waals surface area contributed by atoms with Crippen LogP contribution in [0.15, 0.2) is 0 Å². The summed E-state index contributed by atoms with van der Waals surface area (Å²) in [5.41, 5.74) is 8.11. The molecule has 4 heteroatoms. The lowest BCUT2D eigenvalue weighted by Crippen LogP contribution is -2.31. The maximum Gasteiger partial charge on any atom is 0.417 e. The van der Waals surface area contributed by atoms with Crippen molar-refractivity contribution in [1.82, 2.24) is 0 Å². The molecule has 0 bridgehead atoms. The van der Waals surface area contributed by atoms with Crippen molar-refractivity contribution in [3.05, 3.63) is 5.53 Å². The molecule has 0 radical (unpaired) electrons. The Morgan fingerprint density at radius 2 is 2.00 bits per heavy atom. The summed E-state index contributed by atoms with van der Waals surface area (Å²) in [7, 11) is 0. The summed E-state index contributed by atoms with van der Waals surface area (Å²) in [4.78, 5) is 14.0. The second-order valence-electron chi connectivity index (χ2n) is 3.42. The molecular weight excluding hydrogens is 156 g/mol. The number of esters is 1. The Bertz CT molecular complexity index is 222. The Labute approximate surface area is 72.2 Å². The minimum Gasteiger partial charge on any atom is -0.457 e. The van der Waals surface area contributed by atoms with Gasteiger partial charge in [-0.1, -0.05) is 0 Å². The molecule has 0 rings (SSSR count). The Morgan fingerprint density at radius 3 is 2.25 bits per heavy atom. The van der Waals surface area contributed by atoms with E-state index in [0.717, 1.165) is 0 Å². The van der Waals surface area contributed by atoms with Crippen LogP contribution in [0.25, 0.3) is 5.53 Å². The summed E-state index contributed by atoms with van der Waals surface area (Å²) >= 11 is 0. The van der Waals surface area contributed by atoms with Gasteiger partial charge >= 0.3 is 11.7 Å². The van der Waals surface area contributed by atoms with Crippen LogP contribution in [-0.2, 0) is 9.53 Å². The summed E-state index contributed by atoms with van der Waals surface area (Å²) in [6.07, 6.45) is 0. The molecule has 0 aromatic heterocycles. The van der Waals surface area contributed by atoms with Gasteiger partial charge in [-0.25, -0.2) is 4.79 Å². The standard InChI is InChI=1S/C8H14N2O2/c1-5-12-7(11)6(10-9)8(2,3)4/h5H2,1-4H3. The van der Waals surface area contributed by atoms with Crippen molar-refractivity contribution in [1.29, 1.82) is 0 Å². The third-order valence-corrected chi connectivity index (χ3v) is 1.28. The van der Waals surface area contributed by atoms with Gasteiger partial charge in [-0.05, 0) is 27.7 Å². The van der Waals surface area contributed by atoms with Gasteiger partial charge in [0.2, 0.25) is 0 Å². The fourth-order valence-electron chi connectivity index (χ4n) is 0.696. The smallest absolute Gasteiger partial charge is 0.417 e. The van der Waals surface area contributed by atoms with Gasteiger partial charge in [-0.3, -0.25) is 0 Å². The normalized spacial score (nSPS) is 10.3. The number of ether oxygens (including phenoxy) is 1. The molecule has 0 aromatic rings. The molecule has 0 unspecified atom stereocenters. The Hall–Kier alpha value is -1.15. The van der Waals surface area contributed by atoms with Gasteiger partial charge in [-0.2, -0.15) is 4.79 Å². The SMILES string of the molecule is CCOC(=O)C(=[N+]=[N-])C(C)(C)C. The lowest BCUT2D eigenvalue weighted by molar-refractivity contribution is -0.141. The zero-order valence-corrected chi connectivity index (χ0v) is 7.92. The Morgan fingerprint density at radius 1 is 1.50 bits per heavy atom. The van der Waals surface area contributed by atoms with Crippen molar-refractivity contribution in [3.8, 4) is 0 Å². The molecule has 68 valence electrons. The second kappa shape index (κ2) is 4.02. The fraction of sp³-hybridized carbons (Fsp3) is 0.750. The van der Waals surface area contributed by atoms with E-state index in [4.69, 9.17) is 10.3 Å². The van der Waals surface area contributed by atoms with Crippen molar-refractivity contribution in [2.45, 2.75) is 27.7 Å². The number of carbonyl (C=O) groups excluding carboxylic acids is 1. The molecule has 0 atom stereocenters. The van der Waals surface area contributed by atoms with E-state index >= 15 is 0 Å². The van der Waals surface area contributed by atoms with Gasteiger partial charge in [0.1, 0.15) is 0 Å². The largest absolute Gasteiger partial charge is 0.457 e. The summed E-state index contributed by atoms with van der Waals surface area (Å²) in [5, 5.41) is 0. The highest BCUT2D eigenvalue weighted by Crippen LogP contribution is 2.15. The minimum absolute atomic E-state index is 0.0457. The molecule has 0 aliphatic carbocycles. The third kappa shape index (κ3) is 2.84. The first-order chi connectivity index (χ1) is 5.43. The monoisotopic (exact) mass is 170 g/mol. The second-order valence-corrected chi connectivity index (χ2v) is 3.42. The van der Waals surface area contributed by atoms with Crippen LogP contribution in [0, 0.1) is 5.41 Å². The van der Waals surface area contributed by atoms with Crippen molar-refractivity contribution < 1.29 is 14.3 Å². The van der Waals surface area contributed by atoms with E-state index in [9.17, 15) is 4.79 Å².